The van der Waals surface area contributed by atoms with Crippen molar-refractivity contribution in [2.45, 2.75) is 51.1 Å². The monoisotopic (exact) mass is 864 g/mol. The van der Waals surface area contributed by atoms with Gasteiger partial charge < -0.3 is 0 Å². The SMILES string of the molecule is CC1=Cc2c(-c3cccc4ccccc34)cc(-c3cccc4ccccc34)cc2[CH]1[Zr]([CH3])([CH3])(=[SiH2])[CH]1C(C(C)C)=Cc2c(-c3cc(C)cc(C)c3)cccc21.Cl.Cl. The van der Waals surface area contributed by atoms with Gasteiger partial charge in [0.25, 0.3) is 0 Å². The van der Waals surface area contributed by atoms with Gasteiger partial charge in [0.2, 0.25) is 0 Å². The molecule has 9 rings (SSSR count). The zero-order valence-electron chi connectivity index (χ0n) is 33.6. The minimum Gasteiger partial charge on any atom is -0.147 e. The molecule has 0 N–H and O–H groups in total. The maximum absolute atomic E-state index is 3.91. The van der Waals surface area contributed by atoms with Crippen LogP contribution in [-0.4, -0.2) is 6.88 Å². The van der Waals surface area contributed by atoms with Crippen molar-refractivity contribution < 1.29 is 17.4 Å². The number of hydrogen-bond acceptors (Lipinski definition) is 0. The first-order chi connectivity index (χ1) is 25.9. The van der Waals surface area contributed by atoms with Gasteiger partial charge in [0.05, 0.1) is 0 Å². The first-order valence-corrected chi connectivity index (χ1v) is 33.4. The number of hydrogen-bond donors (Lipinski definition) is 0. The average molecular weight is 867 g/mol. The predicted molar refractivity (Wildman–Crippen MR) is 250 cm³/mol. The third-order valence-corrected chi connectivity index (χ3v) is 30.3. The molecule has 0 spiro atoms. The van der Waals surface area contributed by atoms with Gasteiger partial charge in [-0.3, -0.25) is 0 Å². The van der Waals surface area contributed by atoms with Crippen LogP contribution >= 0.6 is 24.8 Å². The molecule has 0 saturated heterocycles. The molecule has 2 unspecified atom stereocenters. The predicted octanol–water partition coefficient (Wildman–Crippen LogP) is 15.0. The van der Waals surface area contributed by atoms with Crippen LogP contribution in [0.15, 0.2) is 145 Å². The summed E-state index contributed by atoms with van der Waals surface area (Å²) in [7, 11) is 0. The Kier molecular flexibility index (Phi) is 10.7. The van der Waals surface area contributed by atoms with Gasteiger partial charge in [0, 0.05) is 0 Å². The molecular weight excluding hydrogens is 815 g/mol. The third kappa shape index (κ3) is 6.56. The standard InChI is InChI=1S/C30H21.C20H21.2CH3.2ClH.H2Si.Zr/c1-20-16-23-18-24(27-14-6-10-21-8-2-4-12-25(21)27)19-30(29(23)17-20)28-15-7-11-22-9-3-5-13-26(22)28;1-13(2)17-11-16-6-5-7-19(20(16)12-17)18-9-14(3)8-15(4)10-18;;;;;;/h2-19H,1H3;5-13H,1-4H3;2*1H3;2*1H;1H2;. The number of allylic oxidation sites excluding steroid dienone is 2. The van der Waals surface area contributed by atoms with Gasteiger partial charge in [0.15, 0.2) is 0 Å². The minimum atomic E-state index is -3.91. The van der Waals surface area contributed by atoms with Crippen LogP contribution in [0.4, 0.5) is 0 Å². The van der Waals surface area contributed by atoms with Gasteiger partial charge in [-0.25, -0.2) is 0 Å². The summed E-state index contributed by atoms with van der Waals surface area (Å²) in [6, 6.07) is 50.8. The number of benzene rings is 7. The molecule has 0 aromatic heterocycles. The maximum atomic E-state index is 2.79. The second-order valence-corrected chi connectivity index (χ2v) is 48.2. The third-order valence-electron chi connectivity index (χ3n) is 12.7. The Labute approximate surface area is 348 Å². The molecular formula is C52H52Cl2SiZr. The summed E-state index contributed by atoms with van der Waals surface area (Å²) in [4.78, 5) is 0. The number of halogens is 2. The van der Waals surface area contributed by atoms with E-state index in [4.69, 9.17) is 0 Å². The summed E-state index contributed by atoms with van der Waals surface area (Å²) in [6.45, 7) is 14.2. The molecule has 282 valence electrons. The Bertz CT molecular complexity index is 2800. The molecule has 0 heterocycles. The van der Waals surface area contributed by atoms with Crippen LogP contribution < -0.4 is 0 Å². The summed E-state index contributed by atoms with van der Waals surface area (Å²) in [5.74, 6) is 0.463. The van der Waals surface area contributed by atoms with Crippen LogP contribution in [0.25, 0.3) is 67.1 Å². The van der Waals surface area contributed by atoms with Crippen molar-refractivity contribution in [3.63, 3.8) is 0 Å². The molecule has 0 saturated carbocycles. The second kappa shape index (κ2) is 14.9. The molecule has 2 aliphatic carbocycles. The molecule has 56 heavy (non-hydrogen) atoms. The fourth-order valence-electron chi connectivity index (χ4n) is 10.7. The van der Waals surface area contributed by atoms with Crippen LogP contribution in [0, 0.1) is 19.8 Å². The van der Waals surface area contributed by atoms with E-state index in [1.54, 1.807) is 11.1 Å². The zero-order chi connectivity index (χ0) is 37.5. The number of rotatable bonds is 6. The topological polar surface area (TPSA) is 0 Å². The first kappa shape index (κ1) is 40.4. The molecule has 0 amide bonds. The molecule has 7 aromatic carbocycles. The largest absolute Gasteiger partial charge is 0.147 e. The summed E-state index contributed by atoms with van der Waals surface area (Å²) in [6.07, 6.45) is 5.20. The summed E-state index contributed by atoms with van der Waals surface area (Å²) < 4.78 is 6.44. The number of fused-ring (bicyclic) bond motifs is 4. The van der Waals surface area contributed by atoms with Crippen molar-refractivity contribution in [1.29, 1.82) is 0 Å². The molecule has 2 atom stereocenters. The van der Waals surface area contributed by atoms with Crippen molar-refractivity contribution in [1.82, 2.24) is 0 Å². The van der Waals surface area contributed by atoms with Crippen molar-refractivity contribution in [3.8, 4) is 33.4 Å². The molecule has 4 heteroatoms. The van der Waals surface area contributed by atoms with E-state index in [1.807, 2.05) is 0 Å². The van der Waals surface area contributed by atoms with E-state index >= 15 is 0 Å². The van der Waals surface area contributed by atoms with Gasteiger partial charge in [-0.2, -0.15) is 0 Å². The fourth-order valence-corrected chi connectivity index (χ4v) is 31.3. The fraction of sp³-hybridized carbons (Fsp3) is 0.192. The van der Waals surface area contributed by atoms with E-state index in [-0.39, 0.29) is 24.8 Å². The maximum Gasteiger partial charge on any atom is -0.147 e. The van der Waals surface area contributed by atoms with E-state index in [1.165, 1.54) is 88.3 Å². The summed E-state index contributed by atoms with van der Waals surface area (Å²) in [5, 5.41) is 5.20. The molecule has 2 aliphatic rings. The van der Waals surface area contributed by atoms with Crippen LogP contribution in [0.1, 0.15) is 61.4 Å². The zero-order valence-corrected chi connectivity index (χ0v) is 39.1. The van der Waals surface area contributed by atoms with Gasteiger partial charge in [0.1, 0.15) is 0 Å². The van der Waals surface area contributed by atoms with Crippen molar-refractivity contribution in [3.05, 3.63) is 178 Å². The molecule has 0 radical (unpaired) electrons. The Hall–Kier alpha value is -3.78. The smallest absolute Gasteiger partial charge is 0.147 e. The Morgan fingerprint density at radius 1 is 0.500 bits per heavy atom. The minimum absolute atomic E-state index is 0. The van der Waals surface area contributed by atoms with E-state index in [2.05, 4.69) is 196 Å². The second-order valence-electron chi connectivity index (χ2n) is 17.8. The van der Waals surface area contributed by atoms with Crippen LogP contribution in [-0.2, 0) is 17.4 Å². The van der Waals surface area contributed by atoms with Gasteiger partial charge in [-0.05, 0) is 0 Å². The Morgan fingerprint density at radius 2 is 1.02 bits per heavy atom. The van der Waals surface area contributed by atoms with Crippen molar-refractivity contribution in [2.24, 2.45) is 5.92 Å². The van der Waals surface area contributed by atoms with E-state index in [0.717, 1.165) is 0 Å². The van der Waals surface area contributed by atoms with E-state index < -0.39 is 17.4 Å². The Balaban J connectivity index is 0.00000240. The average Bonchev–Trinajstić information content (AvgIpc) is 3.73. The van der Waals surface area contributed by atoms with Gasteiger partial charge >= 0.3 is 326 Å². The van der Waals surface area contributed by atoms with Crippen LogP contribution in [0.5, 0.6) is 0 Å². The summed E-state index contributed by atoms with van der Waals surface area (Å²) >= 11 is -3.91. The molecule has 0 aliphatic heterocycles. The molecule has 7 aromatic rings. The molecule has 0 fully saturated rings. The van der Waals surface area contributed by atoms with Crippen molar-refractivity contribution in [2.75, 3.05) is 0 Å². The quantitative estimate of drug-likeness (QED) is 0.146. The van der Waals surface area contributed by atoms with Crippen LogP contribution in [0.3, 0.4) is 0 Å². The number of aryl methyl sites for hydroxylation is 2. The van der Waals surface area contributed by atoms with Crippen LogP contribution in [0.2, 0.25) is 9.26 Å². The molecule has 0 bridgehead atoms. The normalized spacial score (nSPS) is 16.2. The van der Waals surface area contributed by atoms with E-state index in [0.29, 0.717) is 13.2 Å². The molecule has 0 nitrogen and oxygen atoms in total. The first-order valence-electron chi connectivity index (χ1n) is 19.7. The van der Waals surface area contributed by atoms with Crippen molar-refractivity contribution >= 4 is 65.4 Å². The summed E-state index contributed by atoms with van der Waals surface area (Å²) in [5.41, 5.74) is 19.8. The Morgan fingerprint density at radius 3 is 1.66 bits per heavy atom. The van der Waals surface area contributed by atoms with Gasteiger partial charge in [-0.1, -0.05) is 0 Å². The van der Waals surface area contributed by atoms with E-state index in [9.17, 15) is 0 Å². The van der Waals surface area contributed by atoms with Gasteiger partial charge in [-0.15, -0.1) is 24.8 Å².